The first-order valence-corrected chi connectivity index (χ1v) is 8.53. The summed E-state index contributed by atoms with van der Waals surface area (Å²) < 4.78 is 11.0. The SMILES string of the molecule is Cc1ccc2c(CC(=O)NCC(O)COCC3CC3)coc2c1C. The maximum atomic E-state index is 12.1. The summed E-state index contributed by atoms with van der Waals surface area (Å²) in [6.45, 7) is 5.24. The van der Waals surface area contributed by atoms with Gasteiger partial charge in [-0.05, 0) is 43.7 Å². The largest absolute Gasteiger partial charge is 0.464 e. The summed E-state index contributed by atoms with van der Waals surface area (Å²) in [6.07, 6.45) is 3.67. The zero-order chi connectivity index (χ0) is 17.1. The van der Waals surface area contributed by atoms with Gasteiger partial charge in [0, 0.05) is 24.1 Å². The minimum absolute atomic E-state index is 0.128. The normalized spacial score (nSPS) is 15.6. The van der Waals surface area contributed by atoms with Gasteiger partial charge in [-0.15, -0.1) is 0 Å². The lowest BCUT2D eigenvalue weighted by Gasteiger charge is -2.12. The summed E-state index contributed by atoms with van der Waals surface area (Å²) in [7, 11) is 0. The van der Waals surface area contributed by atoms with E-state index in [0.29, 0.717) is 12.5 Å². The monoisotopic (exact) mass is 331 g/mol. The van der Waals surface area contributed by atoms with Crippen molar-refractivity contribution in [3.8, 4) is 0 Å². The van der Waals surface area contributed by atoms with Crippen LogP contribution < -0.4 is 5.32 Å². The number of rotatable bonds is 8. The Morgan fingerprint density at radius 2 is 2.21 bits per heavy atom. The molecule has 1 aromatic heterocycles. The Bertz CT molecular complexity index is 717. The van der Waals surface area contributed by atoms with E-state index in [1.807, 2.05) is 26.0 Å². The van der Waals surface area contributed by atoms with E-state index in [1.54, 1.807) is 6.26 Å². The molecule has 0 bridgehead atoms. The molecule has 0 saturated heterocycles. The quantitative estimate of drug-likeness (QED) is 0.779. The van der Waals surface area contributed by atoms with Crippen LogP contribution >= 0.6 is 0 Å². The fraction of sp³-hybridized carbons (Fsp3) is 0.526. The molecule has 0 radical (unpaired) electrons. The molecule has 1 aliphatic rings. The summed E-state index contributed by atoms with van der Waals surface area (Å²) in [6, 6.07) is 4.03. The molecule has 24 heavy (non-hydrogen) atoms. The molecule has 2 aromatic rings. The second-order valence-corrected chi connectivity index (χ2v) is 6.76. The molecular weight excluding hydrogens is 306 g/mol. The molecule has 1 aromatic carbocycles. The number of aliphatic hydroxyl groups excluding tert-OH is 1. The number of carbonyl (C=O) groups is 1. The van der Waals surface area contributed by atoms with Crippen LogP contribution in [0.1, 0.15) is 29.5 Å². The van der Waals surface area contributed by atoms with E-state index >= 15 is 0 Å². The van der Waals surface area contributed by atoms with Gasteiger partial charge < -0.3 is 19.6 Å². The number of benzene rings is 1. The fourth-order valence-electron chi connectivity index (χ4n) is 2.71. The number of furan rings is 1. The molecule has 1 amide bonds. The smallest absolute Gasteiger partial charge is 0.224 e. The molecule has 2 N–H and O–H groups in total. The van der Waals surface area contributed by atoms with Crippen LogP contribution in [0.3, 0.4) is 0 Å². The van der Waals surface area contributed by atoms with E-state index in [0.717, 1.165) is 22.1 Å². The van der Waals surface area contributed by atoms with Crippen molar-refractivity contribution in [1.82, 2.24) is 5.32 Å². The summed E-state index contributed by atoms with van der Waals surface area (Å²) in [5.41, 5.74) is 3.97. The molecule has 130 valence electrons. The maximum absolute atomic E-state index is 12.1. The number of nitrogens with one attached hydrogen (secondary N) is 1. The molecule has 1 heterocycles. The van der Waals surface area contributed by atoms with Gasteiger partial charge in [-0.25, -0.2) is 0 Å². The lowest BCUT2D eigenvalue weighted by atomic mass is 10.0. The van der Waals surface area contributed by atoms with Crippen LogP contribution in [0.25, 0.3) is 11.0 Å². The molecule has 3 rings (SSSR count). The molecule has 0 aliphatic heterocycles. The van der Waals surface area contributed by atoms with Crippen molar-refractivity contribution < 1.29 is 19.1 Å². The van der Waals surface area contributed by atoms with Crippen LogP contribution in [0.4, 0.5) is 0 Å². The number of carbonyl (C=O) groups excluding carboxylic acids is 1. The topological polar surface area (TPSA) is 71.7 Å². The van der Waals surface area contributed by atoms with E-state index in [2.05, 4.69) is 5.32 Å². The third kappa shape index (κ3) is 4.16. The molecule has 5 nitrogen and oxygen atoms in total. The first-order chi connectivity index (χ1) is 11.5. The molecule has 1 aliphatic carbocycles. The van der Waals surface area contributed by atoms with Gasteiger partial charge in [-0.2, -0.15) is 0 Å². The van der Waals surface area contributed by atoms with Crippen molar-refractivity contribution in [1.29, 1.82) is 0 Å². The van der Waals surface area contributed by atoms with Gasteiger partial charge in [0.15, 0.2) is 0 Å². The predicted molar refractivity (Wildman–Crippen MR) is 92.0 cm³/mol. The summed E-state index contributed by atoms with van der Waals surface area (Å²) >= 11 is 0. The number of fused-ring (bicyclic) bond motifs is 1. The van der Waals surface area contributed by atoms with Crippen molar-refractivity contribution in [2.75, 3.05) is 19.8 Å². The van der Waals surface area contributed by atoms with Gasteiger partial charge in [0.1, 0.15) is 5.58 Å². The Hall–Kier alpha value is -1.85. The molecule has 1 unspecified atom stereocenters. The average Bonchev–Trinajstić information content (AvgIpc) is 3.29. The Morgan fingerprint density at radius 3 is 2.96 bits per heavy atom. The average molecular weight is 331 g/mol. The minimum Gasteiger partial charge on any atom is -0.464 e. The van der Waals surface area contributed by atoms with Crippen LogP contribution in [0.2, 0.25) is 0 Å². The zero-order valence-corrected chi connectivity index (χ0v) is 14.3. The number of aliphatic hydroxyl groups is 1. The standard InChI is InChI=1S/C19H25NO4/c1-12-3-6-17-15(10-24-19(17)13(12)2)7-18(22)20-8-16(21)11-23-9-14-4-5-14/h3,6,10,14,16,21H,4-5,7-9,11H2,1-2H3,(H,20,22). The molecule has 1 saturated carbocycles. The Labute approximate surface area is 142 Å². The van der Waals surface area contributed by atoms with Crippen LogP contribution in [0.5, 0.6) is 0 Å². The second-order valence-electron chi connectivity index (χ2n) is 6.76. The van der Waals surface area contributed by atoms with Gasteiger partial charge in [0.05, 0.1) is 25.4 Å². The highest BCUT2D eigenvalue weighted by molar-refractivity contribution is 5.89. The number of ether oxygens (including phenoxy) is 1. The summed E-state index contributed by atoms with van der Waals surface area (Å²) in [4.78, 5) is 12.1. The lowest BCUT2D eigenvalue weighted by molar-refractivity contribution is -0.121. The third-order valence-electron chi connectivity index (χ3n) is 4.59. The number of hydrogen-bond donors (Lipinski definition) is 2. The second kappa shape index (κ2) is 7.36. The first-order valence-electron chi connectivity index (χ1n) is 8.53. The van der Waals surface area contributed by atoms with E-state index in [1.165, 1.54) is 18.4 Å². The van der Waals surface area contributed by atoms with Gasteiger partial charge >= 0.3 is 0 Å². The van der Waals surface area contributed by atoms with Crippen molar-refractivity contribution in [2.24, 2.45) is 5.92 Å². The van der Waals surface area contributed by atoms with E-state index in [-0.39, 0.29) is 25.5 Å². The number of hydrogen-bond acceptors (Lipinski definition) is 4. The minimum atomic E-state index is -0.668. The van der Waals surface area contributed by atoms with Crippen molar-refractivity contribution in [3.63, 3.8) is 0 Å². The van der Waals surface area contributed by atoms with Crippen molar-refractivity contribution >= 4 is 16.9 Å². The summed E-state index contributed by atoms with van der Waals surface area (Å²) in [5, 5.41) is 13.6. The Kier molecular flexibility index (Phi) is 5.21. The molecular formula is C19H25NO4. The van der Waals surface area contributed by atoms with Gasteiger partial charge in [0.2, 0.25) is 5.91 Å². The van der Waals surface area contributed by atoms with E-state index in [9.17, 15) is 9.90 Å². The Balaban J connectivity index is 1.48. The lowest BCUT2D eigenvalue weighted by Crippen LogP contribution is -2.35. The van der Waals surface area contributed by atoms with Gasteiger partial charge in [-0.1, -0.05) is 12.1 Å². The number of amides is 1. The van der Waals surface area contributed by atoms with E-state index in [4.69, 9.17) is 9.15 Å². The number of aryl methyl sites for hydroxylation is 2. The van der Waals surface area contributed by atoms with Crippen molar-refractivity contribution in [2.45, 2.75) is 39.2 Å². The van der Waals surface area contributed by atoms with Gasteiger partial charge in [-0.3, -0.25) is 4.79 Å². The molecule has 5 heteroatoms. The highest BCUT2D eigenvalue weighted by Gasteiger charge is 2.21. The first kappa shape index (κ1) is 17.0. The van der Waals surface area contributed by atoms with E-state index < -0.39 is 6.10 Å². The van der Waals surface area contributed by atoms with Crippen LogP contribution in [0.15, 0.2) is 22.8 Å². The van der Waals surface area contributed by atoms with Crippen LogP contribution in [-0.4, -0.2) is 36.9 Å². The van der Waals surface area contributed by atoms with Gasteiger partial charge in [0.25, 0.3) is 0 Å². The summed E-state index contributed by atoms with van der Waals surface area (Å²) in [5.74, 6) is 0.547. The molecule has 1 fully saturated rings. The highest BCUT2D eigenvalue weighted by Crippen LogP contribution is 2.28. The highest BCUT2D eigenvalue weighted by atomic mass is 16.5. The van der Waals surface area contributed by atoms with Crippen molar-refractivity contribution in [3.05, 3.63) is 35.1 Å². The Morgan fingerprint density at radius 1 is 1.42 bits per heavy atom. The molecule has 0 spiro atoms. The predicted octanol–water partition coefficient (Wildman–Crippen LogP) is 2.50. The maximum Gasteiger partial charge on any atom is 0.224 e. The molecule has 1 atom stereocenters. The third-order valence-corrected chi connectivity index (χ3v) is 4.59. The zero-order valence-electron chi connectivity index (χ0n) is 14.3. The van der Waals surface area contributed by atoms with Crippen LogP contribution in [-0.2, 0) is 16.0 Å². The van der Waals surface area contributed by atoms with Crippen LogP contribution in [0, 0.1) is 19.8 Å². The fourth-order valence-corrected chi connectivity index (χ4v) is 2.71.